The molecular formula is C133H76N2O4S3. The SMILES string of the molecule is CC1(C)c2cccc3c2-c2c1ccc1c(-c4ccc5c(c4)oc4ccccc45)cc4sc5cccc-3c5c4c21.c1ccc(-c2cccc(N(c3cccc(-c4ccc5sc6ccc7ccc8oc9cccc%10c9c8c7c6c5c4-%10)c3)c3ccc4c(c3)oc3ccccc34)c2)cc1.c1ccc(N(c2cccc(-c3ccc4sc5ccc6ccc7oc8cccc9c8c7c6c5c4c3-9)c2)c2ccc3ccccc3c2)cc1. The minimum absolute atomic E-state index is 0.0359. The smallest absolute Gasteiger partial charge is 0.137 e. The summed E-state index contributed by atoms with van der Waals surface area (Å²) in [5.41, 5.74) is 37.0. The van der Waals surface area contributed by atoms with Gasteiger partial charge in [0.05, 0.1) is 0 Å². The van der Waals surface area contributed by atoms with E-state index < -0.39 is 0 Å². The standard InChI is InChI=1S/C52H29NO2S.C44H25NOS.C37H22OS/c1-2-9-30(10-3-1)32-11-6-13-34(27-32)53(36-21-22-39-38-15-4-5-17-41(38)54-44(39)29-36)35-14-7-12-33(28-35)37-23-26-46-52-48(37)40-16-8-18-42-49(40)50-43(55-42)24-19-31-20-25-45(56-46)51(52)47(31)50;1-2-11-30(12-3-1)45(32-19-16-26-8-4-5-9-28(26)24-32)31-13-6-10-29(25-31)33-20-23-38-44-40(33)34-14-7-15-35-41(34)42-36(46-35)21-17-27-18-22-37(47-38)43(44)39(27)42;1-37(2)26-10-5-8-22-23-9-6-12-30-33(23)36-31(39-30)18-25(24-15-16-27(37)35(32(22)26)34(24)36)19-13-14-21-20-7-3-4-11-28(20)38-29(21)17-19/h1-29H;1-25H;3-18H,1-2H3. The van der Waals surface area contributed by atoms with E-state index in [0.29, 0.717) is 0 Å². The molecule has 4 aliphatic carbocycles. The topological polar surface area (TPSA) is 59.0 Å². The van der Waals surface area contributed by atoms with Gasteiger partial charge in [-0.3, -0.25) is 0 Å². The number of benzene rings is 23. The fourth-order valence-corrected chi connectivity index (χ4v) is 28.4. The highest BCUT2D eigenvalue weighted by Gasteiger charge is 2.41. The summed E-state index contributed by atoms with van der Waals surface area (Å²) in [5.74, 6) is 0. The van der Waals surface area contributed by atoms with E-state index in [4.69, 9.17) is 17.7 Å². The van der Waals surface area contributed by atoms with Crippen molar-refractivity contribution in [2.75, 3.05) is 9.80 Å². The molecule has 0 radical (unpaired) electrons. The van der Waals surface area contributed by atoms with Crippen molar-refractivity contribution < 1.29 is 17.7 Å². The molecule has 4 aliphatic rings. The molecule has 0 atom stereocenters. The van der Waals surface area contributed by atoms with Gasteiger partial charge in [-0.05, 0) is 290 Å². The molecular weight excluding hydrogens is 1790 g/mol. The molecule has 660 valence electrons. The second-order valence-corrected chi connectivity index (χ2v) is 42.2. The molecule has 0 aliphatic heterocycles. The first-order chi connectivity index (χ1) is 70.1. The minimum Gasteiger partial charge on any atom is -0.456 e. The first kappa shape index (κ1) is 78.6. The van der Waals surface area contributed by atoms with Crippen LogP contribution in [0.4, 0.5) is 34.1 Å². The van der Waals surface area contributed by atoms with Crippen LogP contribution in [-0.4, -0.2) is 0 Å². The summed E-state index contributed by atoms with van der Waals surface area (Å²) in [7, 11) is 0. The van der Waals surface area contributed by atoms with Crippen molar-refractivity contribution in [1.82, 2.24) is 0 Å². The van der Waals surface area contributed by atoms with Gasteiger partial charge in [0.2, 0.25) is 0 Å². The molecule has 0 bridgehead atoms. The van der Waals surface area contributed by atoms with Gasteiger partial charge >= 0.3 is 0 Å². The van der Waals surface area contributed by atoms with Crippen LogP contribution in [0.15, 0.2) is 442 Å². The van der Waals surface area contributed by atoms with Gasteiger partial charge < -0.3 is 27.5 Å². The lowest BCUT2D eigenvalue weighted by Crippen LogP contribution is -2.14. The number of hydrogen-bond acceptors (Lipinski definition) is 9. The van der Waals surface area contributed by atoms with E-state index >= 15 is 0 Å². The molecule has 0 fully saturated rings. The van der Waals surface area contributed by atoms with Crippen molar-refractivity contribution in [2.24, 2.45) is 0 Å². The molecule has 23 aromatic carbocycles. The van der Waals surface area contributed by atoms with Crippen LogP contribution in [0.25, 0.3) is 280 Å². The van der Waals surface area contributed by atoms with Gasteiger partial charge in [0, 0.05) is 160 Å². The van der Waals surface area contributed by atoms with Crippen LogP contribution in [-0.2, 0) is 5.41 Å². The number of para-hydroxylation sites is 3. The largest absolute Gasteiger partial charge is 0.456 e. The van der Waals surface area contributed by atoms with Crippen molar-refractivity contribution in [3.63, 3.8) is 0 Å². The lowest BCUT2D eigenvalue weighted by atomic mass is 9.80. The van der Waals surface area contributed by atoms with E-state index in [2.05, 4.69) is 430 Å². The molecule has 34 rings (SSSR count). The highest BCUT2D eigenvalue weighted by Crippen LogP contribution is 2.63. The molecule has 7 heterocycles. The summed E-state index contributed by atoms with van der Waals surface area (Å²) in [6.07, 6.45) is 0. The molecule has 7 aromatic heterocycles. The summed E-state index contributed by atoms with van der Waals surface area (Å²) in [6.45, 7) is 4.78. The molecule has 0 saturated carbocycles. The Labute approximate surface area is 824 Å². The quantitative estimate of drug-likeness (QED) is 0.136. The summed E-state index contributed by atoms with van der Waals surface area (Å²) < 4.78 is 33.8. The van der Waals surface area contributed by atoms with E-state index in [0.717, 1.165) is 101 Å². The van der Waals surface area contributed by atoms with Crippen LogP contribution in [0.3, 0.4) is 0 Å². The van der Waals surface area contributed by atoms with Crippen LogP contribution in [0.2, 0.25) is 0 Å². The molecule has 0 spiro atoms. The van der Waals surface area contributed by atoms with Crippen LogP contribution in [0.1, 0.15) is 25.0 Å². The average molecular weight is 1860 g/mol. The number of hydrogen-bond donors (Lipinski definition) is 0. The fraction of sp³-hybridized carbons (Fsp3) is 0.0226. The number of furan rings is 4. The molecule has 142 heavy (non-hydrogen) atoms. The van der Waals surface area contributed by atoms with Crippen molar-refractivity contribution in [3.05, 3.63) is 436 Å². The van der Waals surface area contributed by atoms with Gasteiger partial charge in [0.15, 0.2) is 0 Å². The van der Waals surface area contributed by atoms with Crippen molar-refractivity contribution in [2.45, 2.75) is 19.3 Å². The third-order valence-corrected chi connectivity index (χ3v) is 34.4. The Kier molecular flexibility index (Phi) is 16.2. The molecule has 0 amide bonds. The Hall–Kier alpha value is -17.4. The van der Waals surface area contributed by atoms with E-state index in [1.54, 1.807) is 0 Å². The maximum atomic E-state index is 6.57. The first-order valence-corrected chi connectivity index (χ1v) is 51.1. The number of anilines is 6. The second kappa shape index (κ2) is 29.3. The predicted molar refractivity (Wildman–Crippen MR) is 603 cm³/mol. The number of nitrogens with zero attached hydrogens (tertiary/aromatic N) is 2. The van der Waals surface area contributed by atoms with E-state index in [9.17, 15) is 0 Å². The maximum absolute atomic E-state index is 6.57. The predicted octanol–water partition coefficient (Wildman–Crippen LogP) is 40.2. The van der Waals surface area contributed by atoms with Gasteiger partial charge in [-0.2, -0.15) is 0 Å². The van der Waals surface area contributed by atoms with Gasteiger partial charge in [-0.15, -0.1) is 34.0 Å². The highest BCUT2D eigenvalue weighted by atomic mass is 32.1. The van der Waals surface area contributed by atoms with Gasteiger partial charge in [-0.25, -0.2) is 0 Å². The Morgan fingerprint density at radius 3 is 1.25 bits per heavy atom. The minimum atomic E-state index is -0.0359. The van der Waals surface area contributed by atoms with Crippen molar-refractivity contribution in [3.8, 4) is 89.0 Å². The summed E-state index contributed by atoms with van der Waals surface area (Å²) in [4.78, 5) is 4.73. The molecule has 0 saturated heterocycles. The first-order valence-electron chi connectivity index (χ1n) is 48.6. The zero-order chi connectivity index (χ0) is 92.7. The average Bonchev–Trinajstić information content (AvgIpc) is 1.47. The van der Waals surface area contributed by atoms with Crippen LogP contribution in [0, 0.1) is 0 Å². The van der Waals surface area contributed by atoms with Gasteiger partial charge in [-0.1, -0.05) is 275 Å². The normalized spacial score (nSPS) is 12.9. The zero-order valence-electron chi connectivity index (χ0n) is 76.7. The Morgan fingerprint density at radius 2 is 0.592 bits per heavy atom. The Morgan fingerprint density at radius 1 is 0.176 bits per heavy atom. The summed E-state index contributed by atoms with van der Waals surface area (Å²) >= 11 is 5.69. The Bertz CT molecular complexity index is 10800. The van der Waals surface area contributed by atoms with Gasteiger partial charge in [0.25, 0.3) is 0 Å². The molecule has 6 nitrogen and oxygen atoms in total. The molecule has 0 N–H and O–H groups in total. The molecule has 0 unspecified atom stereocenters. The van der Waals surface area contributed by atoms with E-state index in [-0.39, 0.29) is 5.41 Å². The highest BCUT2D eigenvalue weighted by molar-refractivity contribution is 7.27. The molecule has 30 aromatic rings. The second-order valence-electron chi connectivity index (χ2n) is 38.9. The fourth-order valence-electron chi connectivity index (χ4n) is 25.0. The van der Waals surface area contributed by atoms with E-state index in [1.807, 2.05) is 52.2 Å². The van der Waals surface area contributed by atoms with Crippen molar-refractivity contribution in [1.29, 1.82) is 0 Å². The molecule has 9 heteroatoms. The third kappa shape index (κ3) is 11.1. The van der Waals surface area contributed by atoms with Crippen LogP contribution < -0.4 is 9.80 Å². The zero-order valence-corrected chi connectivity index (χ0v) is 79.1. The number of rotatable bonds is 10. The van der Waals surface area contributed by atoms with Gasteiger partial charge in [0.1, 0.15) is 44.7 Å². The van der Waals surface area contributed by atoms with E-state index in [1.165, 1.54) is 225 Å². The summed E-state index contributed by atoms with van der Waals surface area (Å²) in [5, 5.41) is 28.0. The summed E-state index contributed by atoms with van der Waals surface area (Å²) in [6, 6.07) is 155. The number of thiophene rings is 3. The maximum Gasteiger partial charge on any atom is 0.137 e. The van der Waals surface area contributed by atoms with Crippen LogP contribution >= 0.6 is 34.0 Å². The van der Waals surface area contributed by atoms with Crippen molar-refractivity contribution >= 4 is 259 Å². The lowest BCUT2D eigenvalue weighted by molar-refractivity contribution is 0.661. The Balaban J connectivity index is 0.0000000973. The lowest BCUT2D eigenvalue weighted by Gasteiger charge is -2.27. The number of fused-ring (bicyclic) bond motifs is 10. The monoisotopic (exact) mass is 1860 g/mol. The third-order valence-electron chi connectivity index (χ3n) is 31.1. The van der Waals surface area contributed by atoms with Crippen LogP contribution in [0.5, 0.6) is 0 Å².